The summed E-state index contributed by atoms with van der Waals surface area (Å²) in [6, 6.07) is 13.3. The highest BCUT2D eigenvalue weighted by atomic mass is 32.1. The van der Waals surface area contributed by atoms with Gasteiger partial charge in [-0.3, -0.25) is 15.6 Å². The minimum atomic E-state index is -0.469. The van der Waals surface area contributed by atoms with E-state index in [0.29, 0.717) is 16.1 Å². The van der Waals surface area contributed by atoms with E-state index in [2.05, 4.69) is 16.2 Å². The van der Waals surface area contributed by atoms with Crippen molar-refractivity contribution in [1.82, 2.24) is 10.9 Å². The number of hydrazine groups is 1. The molecule has 0 unspecified atom stereocenters. The molecule has 0 aliphatic rings. The number of nitrogens with one attached hydrogen (secondary N) is 3. The van der Waals surface area contributed by atoms with Gasteiger partial charge in [-0.1, -0.05) is 37.3 Å². The fourth-order valence-electron chi connectivity index (χ4n) is 2.50. The predicted molar refractivity (Wildman–Crippen MR) is 122 cm³/mol. The number of carbonyl (C=O) groups excluding carboxylic acids is 2. The number of amides is 1. The quantitative estimate of drug-likeness (QED) is 0.306. The molecule has 1 aromatic carbocycles. The maximum atomic E-state index is 12.2. The van der Waals surface area contributed by atoms with Crippen LogP contribution >= 0.6 is 34.9 Å². The van der Waals surface area contributed by atoms with Crippen molar-refractivity contribution in [3.63, 3.8) is 0 Å². The van der Waals surface area contributed by atoms with Crippen LogP contribution in [-0.2, 0) is 11.2 Å². The van der Waals surface area contributed by atoms with Crippen LogP contribution in [0.5, 0.6) is 0 Å². The van der Waals surface area contributed by atoms with Gasteiger partial charge >= 0.3 is 5.97 Å². The highest BCUT2D eigenvalue weighted by Gasteiger charge is 2.18. The Morgan fingerprint density at radius 3 is 2.55 bits per heavy atom. The van der Waals surface area contributed by atoms with Gasteiger partial charge in [-0.2, -0.15) is 0 Å². The number of benzene rings is 1. The van der Waals surface area contributed by atoms with Gasteiger partial charge in [0.1, 0.15) is 5.00 Å². The lowest BCUT2D eigenvalue weighted by atomic mass is 10.1. The summed E-state index contributed by atoms with van der Waals surface area (Å²) in [5.74, 6) is -0.752. The average molecular weight is 446 g/mol. The Morgan fingerprint density at radius 1 is 1.14 bits per heavy atom. The second kappa shape index (κ2) is 9.64. The predicted octanol–water partition coefficient (Wildman–Crippen LogP) is 4.46. The van der Waals surface area contributed by atoms with E-state index in [1.54, 1.807) is 11.4 Å². The molecule has 0 saturated carbocycles. The molecule has 0 atom stereocenters. The van der Waals surface area contributed by atoms with Crippen LogP contribution in [0.25, 0.3) is 10.4 Å². The summed E-state index contributed by atoms with van der Waals surface area (Å²) in [6.07, 6.45) is 0.879. The van der Waals surface area contributed by atoms with E-state index in [-0.39, 0.29) is 11.0 Å². The van der Waals surface area contributed by atoms with E-state index in [0.717, 1.165) is 21.7 Å². The fraction of sp³-hybridized carbons (Fsp3) is 0.150. The molecule has 3 rings (SSSR count). The zero-order chi connectivity index (χ0) is 20.8. The summed E-state index contributed by atoms with van der Waals surface area (Å²) in [5, 5.41) is 5.46. The van der Waals surface area contributed by atoms with Crippen molar-refractivity contribution in [2.75, 3.05) is 12.4 Å². The number of methoxy groups -OCH3 is 1. The largest absolute Gasteiger partial charge is 0.465 e. The molecule has 0 aliphatic carbocycles. The number of ether oxygens (including phenoxy) is 1. The summed E-state index contributed by atoms with van der Waals surface area (Å²) in [7, 11) is 1.33. The van der Waals surface area contributed by atoms with Crippen LogP contribution in [0.2, 0.25) is 0 Å². The molecule has 0 radical (unpaired) electrons. The highest BCUT2D eigenvalue weighted by Crippen LogP contribution is 2.35. The first-order valence-electron chi connectivity index (χ1n) is 8.74. The minimum absolute atomic E-state index is 0.163. The van der Waals surface area contributed by atoms with Gasteiger partial charge in [-0.15, -0.1) is 22.7 Å². The van der Waals surface area contributed by atoms with Crippen LogP contribution in [0.4, 0.5) is 5.00 Å². The lowest BCUT2D eigenvalue weighted by molar-refractivity contribution is 0.0602. The first-order chi connectivity index (χ1) is 14.0. The van der Waals surface area contributed by atoms with Crippen LogP contribution in [0.1, 0.15) is 32.5 Å². The lowest BCUT2D eigenvalue weighted by Gasteiger charge is -2.11. The third-order valence-corrected chi connectivity index (χ3v) is 6.36. The molecule has 29 heavy (non-hydrogen) atoms. The Morgan fingerprint density at radius 2 is 1.90 bits per heavy atom. The molecule has 150 valence electrons. The van der Waals surface area contributed by atoms with E-state index in [1.165, 1.54) is 29.8 Å². The van der Waals surface area contributed by atoms with Gasteiger partial charge in [0.15, 0.2) is 5.11 Å². The van der Waals surface area contributed by atoms with E-state index in [4.69, 9.17) is 17.0 Å². The van der Waals surface area contributed by atoms with E-state index in [9.17, 15) is 9.59 Å². The fourth-order valence-corrected chi connectivity index (χ4v) is 4.58. The first kappa shape index (κ1) is 21.0. The van der Waals surface area contributed by atoms with Crippen molar-refractivity contribution in [3.8, 4) is 10.4 Å². The van der Waals surface area contributed by atoms with Crippen LogP contribution < -0.4 is 16.2 Å². The van der Waals surface area contributed by atoms with Crippen molar-refractivity contribution in [3.05, 3.63) is 63.8 Å². The normalized spacial score (nSPS) is 10.3. The molecular weight excluding hydrogens is 426 g/mol. The Balaban J connectivity index is 1.69. The summed E-state index contributed by atoms with van der Waals surface area (Å²) in [4.78, 5) is 26.4. The van der Waals surface area contributed by atoms with E-state index >= 15 is 0 Å². The molecule has 0 fully saturated rings. The molecule has 9 heteroatoms. The zero-order valence-corrected chi connectivity index (χ0v) is 18.2. The molecule has 0 saturated heterocycles. The molecule has 0 spiro atoms. The van der Waals surface area contributed by atoms with Crippen molar-refractivity contribution in [2.45, 2.75) is 13.3 Å². The Bertz CT molecular complexity index is 1030. The second-order valence-corrected chi connectivity index (χ2v) is 8.36. The number of rotatable bonds is 5. The van der Waals surface area contributed by atoms with E-state index < -0.39 is 5.97 Å². The number of anilines is 1. The smallest absolute Gasteiger partial charge is 0.340 e. The van der Waals surface area contributed by atoms with Crippen molar-refractivity contribution in [1.29, 1.82) is 0 Å². The third kappa shape index (κ3) is 5.20. The van der Waals surface area contributed by atoms with Gasteiger partial charge in [-0.05, 0) is 36.3 Å². The summed E-state index contributed by atoms with van der Waals surface area (Å²) < 4.78 is 4.87. The van der Waals surface area contributed by atoms with Gasteiger partial charge in [0, 0.05) is 15.1 Å². The number of aryl methyl sites for hydroxylation is 1. The maximum Gasteiger partial charge on any atom is 0.340 e. The number of thiophene rings is 2. The van der Waals surface area contributed by atoms with Gasteiger partial charge < -0.3 is 10.1 Å². The molecular formula is C20H19N3O3S3. The van der Waals surface area contributed by atoms with Gasteiger partial charge in [0.05, 0.1) is 18.2 Å². The maximum absolute atomic E-state index is 12.2. The van der Waals surface area contributed by atoms with Crippen LogP contribution in [-0.4, -0.2) is 24.1 Å². The van der Waals surface area contributed by atoms with Crippen molar-refractivity contribution < 1.29 is 14.3 Å². The molecule has 2 aromatic heterocycles. The number of hydrogen-bond donors (Lipinski definition) is 3. The van der Waals surface area contributed by atoms with E-state index in [1.807, 2.05) is 43.3 Å². The van der Waals surface area contributed by atoms with Crippen molar-refractivity contribution in [2.24, 2.45) is 0 Å². The number of hydrogen-bond acceptors (Lipinski definition) is 6. The van der Waals surface area contributed by atoms with Gasteiger partial charge in [0.25, 0.3) is 5.91 Å². The zero-order valence-electron chi connectivity index (χ0n) is 15.8. The first-order valence-corrected chi connectivity index (χ1v) is 10.8. The van der Waals surface area contributed by atoms with Crippen molar-refractivity contribution >= 4 is 56.9 Å². The lowest BCUT2D eigenvalue weighted by Crippen LogP contribution is -2.43. The average Bonchev–Trinajstić information content (AvgIpc) is 3.39. The molecule has 2 heterocycles. The van der Waals surface area contributed by atoms with Crippen LogP contribution in [0.3, 0.4) is 0 Å². The molecule has 3 N–H and O–H groups in total. The highest BCUT2D eigenvalue weighted by molar-refractivity contribution is 7.80. The Hall–Kier alpha value is -2.75. The molecule has 0 bridgehead atoms. The monoisotopic (exact) mass is 445 g/mol. The third-order valence-electron chi connectivity index (χ3n) is 3.98. The van der Waals surface area contributed by atoms with Crippen LogP contribution in [0, 0.1) is 0 Å². The molecule has 6 nitrogen and oxygen atoms in total. The summed E-state index contributed by atoms with van der Waals surface area (Å²) >= 11 is 8.17. The minimum Gasteiger partial charge on any atom is -0.465 e. The van der Waals surface area contributed by atoms with Crippen LogP contribution in [0.15, 0.2) is 47.8 Å². The Kier molecular flexibility index (Phi) is 6.97. The molecule has 3 aromatic rings. The molecule has 1 amide bonds. The number of esters is 1. The SMILES string of the molecule is CCc1cc(C(=O)NNC(=S)Nc2sc(-c3ccccc3)cc2C(=O)OC)cs1. The Labute approximate surface area is 181 Å². The van der Waals surface area contributed by atoms with Gasteiger partial charge in [0.2, 0.25) is 0 Å². The summed E-state index contributed by atoms with van der Waals surface area (Å²) in [6.45, 7) is 2.04. The number of carbonyl (C=O) groups is 2. The standard InChI is InChI=1S/C20H19N3O3S3/c1-3-14-9-13(11-28-14)17(24)22-23-20(27)21-18-15(19(25)26-2)10-16(29-18)12-7-5-4-6-8-12/h4-11H,3H2,1-2H3,(H,22,24)(H2,21,23,27). The molecule has 0 aliphatic heterocycles. The summed E-state index contributed by atoms with van der Waals surface area (Å²) in [5.41, 5.74) is 7.15. The second-order valence-electron chi connectivity index (χ2n) is 5.90. The van der Waals surface area contributed by atoms with Gasteiger partial charge in [-0.25, -0.2) is 4.79 Å². The topological polar surface area (TPSA) is 79.5 Å². The number of thiocarbonyl (C=S) groups is 1.